The quantitative estimate of drug-likeness (QED) is 0.655. The van der Waals surface area contributed by atoms with Gasteiger partial charge in [0, 0.05) is 31.2 Å². The Morgan fingerprint density at radius 2 is 1.96 bits per heavy atom. The molecule has 0 bridgehead atoms. The van der Waals surface area contributed by atoms with Gasteiger partial charge in [0.1, 0.15) is 16.8 Å². The summed E-state index contributed by atoms with van der Waals surface area (Å²) >= 11 is 3.44. The monoisotopic (exact) mass is 463 g/mol. The van der Waals surface area contributed by atoms with E-state index >= 15 is 0 Å². The van der Waals surface area contributed by atoms with Crippen molar-refractivity contribution in [3.8, 4) is 11.1 Å². The number of hydrogen-bond donors (Lipinski definition) is 1. The van der Waals surface area contributed by atoms with Crippen LogP contribution in [0.5, 0.6) is 0 Å². The van der Waals surface area contributed by atoms with Gasteiger partial charge in [-0.2, -0.15) is 4.40 Å². The lowest BCUT2D eigenvalue weighted by molar-refractivity contribution is 0.0853. The van der Waals surface area contributed by atoms with Crippen molar-refractivity contribution in [2.45, 2.75) is 44.3 Å². The second-order valence-electron chi connectivity index (χ2n) is 7.92. The van der Waals surface area contributed by atoms with Crippen LogP contribution in [0.2, 0.25) is 0 Å². The molecule has 0 unspecified atom stereocenters. The van der Waals surface area contributed by atoms with Gasteiger partial charge in [-0.15, -0.1) is 0 Å². The number of hydrogen-bond acceptors (Lipinski definition) is 4. The van der Waals surface area contributed by atoms with E-state index in [9.17, 15) is 4.21 Å². The first-order valence-corrected chi connectivity index (χ1v) is 11.2. The summed E-state index contributed by atoms with van der Waals surface area (Å²) in [5, 5.41) is 0. The van der Waals surface area contributed by atoms with Crippen molar-refractivity contribution in [1.29, 1.82) is 0 Å². The number of aromatic nitrogens is 1. The highest BCUT2D eigenvalue weighted by Crippen LogP contribution is 2.33. The number of nitrogens with zero attached hydrogens (tertiary/aromatic N) is 2. The Kier molecular flexibility index (Phi) is 6.68. The molecule has 2 aromatic rings. The van der Waals surface area contributed by atoms with E-state index in [-0.39, 0.29) is 0 Å². The SMILES string of the molecule is CC(C)(C)[S@](=O)N=Cc1cc(-c2cnc(N)c(Br)c2)ccc1C1CCOCC1. The van der Waals surface area contributed by atoms with Crippen LogP contribution in [0.4, 0.5) is 5.82 Å². The Balaban J connectivity index is 2.01. The maximum atomic E-state index is 12.4. The van der Waals surface area contributed by atoms with Gasteiger partial charge >= 0.3 is 0 Å². The predicted molar refractivity (Wildman–Crippen MR) is 120 cm³/mol. The number of ether oxygens (including phenoxy) is 1. The Morgan fingerprint density at radius 1 is 1.25 bits per heavy atom. The molecule has 150 valence electrons. The second kappa shape index (κ2) is 8.84. The molecule has 2 N–H and O–H groups in total. The molecule has 1 aliphatic rings. The lowest BCUT2D eigenvalue weighted by Crippen LogP contribution is -2.20. The molecule has 1 aromatic heterocycles. The van der Waals surface area contributed by atoms with Gasteiger partial charge in [-0.05, 0) is 84.3 Å². The predicted octanol–water partition coefficient (Wildman–Crippen LogP) is 4.87. The van der Waals surface area contributed by atoms with Crippen LogP contribution in [0, 0.1) is 0 Å². The lowest BCUT2D eigenvalue weighted by Gasteiger charge is -2.24. The number of pyridine rings is 1. The molecule has 28 heavy (non-hydrogen) atoms. The molecule has 1 aromatic carbocycles. The van der Waals surface area contributed by atoms with E-state index in [2.05, 4.69) is 43.5 Å². The topological polar surface area (TPSA) is 77.6 Å². The van der Waals surface area contributed by atoms with Gasteiger partial charge in [-0.3, -0.25) is 0 Å². The maximum Gasteiger partial charge on any atom is 0.144 e. The fourth-order valence-electron chi connectivity index (χ4n) is 3.12. The minimum absolute atomic E-state index is 0.390. The summed E-state index contributed by atoms with van der Waals surface area (Å²) in [5.74, 6) is 0.883. The Labute approximate surface area is 177 Å². The van der Waals surface area contributed by atoms with Crippen molar-refractivity contribution in [2.24, 2.45) is 4.40 Å². The summed E-state index contributed by atoms with van der Waals surface area (Å²) < 4.78 is 22.7. The third kappa shape index (κ3) is 5.07. The van der Waals surface area contributed by atoms with Crippen LogP contribution in [0.15, 0.2) is 39.3 Å². The van der Waals surface area contributed by atoms with E-state index in [1.165, 1.54) is 5.56 Å². The summed E-state index contributed by atoms with van der Waals surface area (Å²) in [7, 11) is -1.30. The molecule has 5 nitrogen and oxygen atoms in total. The van der Waals surface area contributed by atoms with Gasteiger partial charge in [0.2, 0.25) is 0 Å². The third-order valence-electron chi connectivity index (χ3n) is 4.76. The number of halogens is 1. The van der Waals surface area contributed by atoms with Crippen molar-refractivity contribution in [3.05, 3.63) is 46.1 Å². The normalized spacial score (nSPS) is 17.1. The van der Waals surface area contributed by atoms with Gasteiger partial charge < -0.3 is 10.5 Å². The minimum Gasteiger partial charge on any atom is -0.383 e. The zero-order chi connectivity index (χ0) is 20.3. The second-order valence-corrected chi connectivity index (χ2v) is 10.7. The van der Waals surface area contributed by atoms with Crippen LogP contribution in [0.3, 0.4) is 0 Å². The molecule has 1 saturated heterocycles. The van der Waals surface area contributed by atoms with E-state index in [1.807, 2.05) is 26.8 Å². The number of rotatable bonds is 4. The maximum absolute atomic E-state index is 12.4. The minimum atomic E-state index is -1.30. The van der Waals surface area contributed by atoms with Gasteiger partial charge in [0.25, 0.3) is 0 Å². The van der Waals surface area contributed by atoms with E-state index in [0.29, 0.717) is 11.7 Å². The Bertz CT molecular complexity index is 903. The first kappa shape index (κ1) is 21.1. The van der Waals surface area contributed by atoms with Gasteiger partial charge in [-0.25, -0.2) is 9.19 Å². The lowest BCUT2D eigenvalue weighted by atomic mass is 9.87. The zero-order valence-electron chi connectivity index (χ0n) is 16.4. The number of nitrogen functional groups attached to an aromatic ring is 1. The van der Waals surface area contributed by atoms with Gasteiger partial charge in [-0.1, -0.05) is 12.1 Å². The largest absolute Gasteiger partial charge is 0.383 e. The molecule has 2 heterocycles. The number of benzene rings is 1. The smallest absolute Gasteiger partial charge is 0.144 e. The highest BCUT2D eigenvalue weighted by molar-refractivity contribution is 9.10. The number of nitrogens with two attached hydrogens (primary N) is 1. The van der Waals surface area contributed by atoms with Crippen molar-refractivity contribution in [1.82, 2.24) is 4.98 Å². The van der Waals surface area contributed by atoms with Crippen LogP contribution >= 0.6 is 15.9 Å². The summed E-state index contributed by atoms with van der Waals surface area (Å²) in [5.41, 5.74) is 10.0. The van der Waals surface area contributed by atoms with Crippen molar-refractivity contribution in [2.75, 3.05) is 18.9 Å². The van der Waals surface area contributed by atoms with E-state index in [0.717, 1.165) is 47.2 Å². The standard InChI is InChI=1S/C21H26BrN3O2S/c1-21(2,3)28(26)25-13-17-10-15(16-11-19(22)20(23)24-12-16)4-5-18(17)14-6-8-27-9-7-14/h4-5,10-14H,6-9H2,1-3H3,(H2,23,24)/t28-/m0/s1. The Hall–Kier alpha value is -1.57. The first-order valence-electron chi connectivity index (χ1n) is 9.35. The average molecular weight is 464 g/mol. The van der Waals surface area contributed by atoms with E-state index in [4.69, 9.17) is 10.5 Å². The average Bonchev–Trinajstić information content (AvgIpc) is 2.68. The highest BCUT2D eigenvalue weighted by atomic mass is 79.9. The molecule has 1 fully saturated rings. The van der Waals surface area contributed by atoms with Crippen molar-refractivity contribution >= 4 is 38.9 Å². The van der Waals surface area contributed by atoms with Crippen molar-refractivity contribution < 1.29 is 8.95 Å². The third-order valence-corrected chi connectivity index (χ3v) is 6.74. The molecule has 0 saturated carbocycles. The molecule has 7 heteroatoms. The van der Waals surface area contributed by atoms with Crippen LogP contribution in [-0.2, 0) is 15.7 Å². The fourth-order valence-corrected chi connectivity index (χ4v) is 3.99. The molecular weight excluding hydrogens is 438 g/mol. The summed E-state index contributed by atoms with van der Waals surface area (Å²) in [6.07, 6.45) is 5.49. The van der Waals surface area contributed by atoms with E-state index in [1.54, 1.807) is 12.4 Å². The summed E-state index contributed by atoms with van der Waals surface area (Å²) in [6, 6.07) is 8.30. The molecule has 1 atom stereocenters. The molecule has 0 radical (unpaired) electrons. The first-order chi connectivity index (χ1) is 13.3. The molecular formula is C21H26BrN3O2S. The van der Waals surface area contributed by atoms with Gasteiger partial charge in [0.05, 0.1) is 9.22 Å². The summed E-state index contributed by atoms with van der Waals surface area (Å²) in [4.78, 5) is 4.24. The summed E-state index contributed by atoms with van der Waals surface area (Å²) in [6.45, 7) is 7.31. The van der Waals surface area contributed by atoms with E-state index < -0.39 is 15.7 Å². The van der Waals surface area contributed by atoms with Crippen LogP contribution in [-0.4, -0.2) is 33.4 Å². The zero-order valence-corrected chi connectivity index (χ0v) is 18.8. The number of anilines is 1. The van der Waals surface area contributed by atoms with Crippen molar-refractivity contribution in [3.63, 3.8) is 0 Å². The van der Waals surface area contributed by atoms with Crippen LogP contribution < -0.4 is 5.73 Å². The molecule has 0 spiro atoms. The van der Waals surface area contributed by atoms with Crippen LogP contribution in [0.1, 0.15) is 50.7 Å². The van der Waals surface area contributed by atoms with Crippen LogP contribution in [0.25, 0.3) is 11.1 Å². The highest BCUT2D eigenvalue weighted by Gasteiger charge is 2.21. The fraction of sp³-hybridized carbons (Fsp3) is 0.429. The van der Waals surface area contributed by atoms with Gasteiger partial charge in [0.15, 0.2) is 0 Å². The molecule has 3 rings (SSSR count). The Morgan fingerprint density at radius 3 is 2.61 bits per heavy atom. The molecule has 1 aliphatic heterocycles. The molecule has 0 amide bonds. The molecule has 0 aliphatic carbocycles.